The molecule has 0 aliphatic carbocycles. The van der Waals surface area contributed by atoms with Crippen LogP contribution in [0, 0.1) is 0 Å². The summed E-state index contributed by atoms with van der Waals surface area (Å²) in [4.78, 5) is 38.4. The minimum atomic E-state index is -0.777. The number of hydrogen-bond donors (Lipinski definition) is 0. The van der Waals surface area contributed by atoms with Crippen LogP contribution in [0.3, 0.4) is 0 Å². The summed E-state index contributed by atoms with van der Waals surface area (Å²) in [6, 6.07) is 0. The predicted molar refractivity (Wildman–Crippen MR) is 330 cm³/mol. The van der Waals surface area contributed by atoms with Crippen LogP contribution in [0.4, 0.5) is 0 Å². The van der Waals surface area contributed by atoms with Crippen LogP contribution in [-0.4, -0.2) is 37.2 Å². The van der Waals surface area contributed by atoms with Gasteiger partial charge in [0.05, 0.1) is 0 Å². The Bertz CT molecular complexity index is 1360. The van der Waals surface area contributed by atoms with Crippen LogP contribution in [0.15, 0.2) is 60.8 Å². The number of rotatable bonds is 61. The summed E-state index contributed by atoms with van der Waals surface area (Å²) in [5.74, 6) is -0.859. The number of carbonyl (C=O) groups excluding carboxylic acids is 3. The average molecular weight is 1060 g/mol. The highest BCUT2D eigenvalue weighted by Crippen LogP contribution is 2.18. The van der Waals surface area contributed by atoms with Crippen LogP contribution in [0.25, 0.3) is 0 Å². The van der Waals surface area contributed by atoms with Gasteiger partial charge in [0, 0.05) is 19.3 Å². The maximum Gasteiger partial charge on any atom is 0.306 e. The molecule has 0 heterocycles. The molecule has 0 aromatic heterocycles. The first-order chi connectivity index (χ1) is 37.5. The van der Waals surface area contributed by atoms with E-state index in [1.807, 2.05) is 0 Å². The van der Waals surface area contributed by atoms with Gasteiger partial charge in [-0.3, -0.25) is 14.4 Å². The Labute approximate surface area is 472 Å². The zero-order chi connectivity index (χ0) is 55.0. The second-order valence-electron chi connectivity index (χ2n) is 22.4. The zero-order valence-corrected chi connectivity index (χ0v) is 50.8. The third-order valence-electron chi connectivity index (χ3n) is 14.8. The topological polar surface area (TPSA) is 78.9 Å². The summed E-state index contributed by atoms with van der Waals surface area (Å²) in [6.45, 7) is 6.58. The molecule has 0 fully saturated rings. The lowest BCUT2D eigenvalue weighted by Gasteiger charge is -2.18. The van der Waals surface area contributed by atoms with Crippen molar-refractivity contribution in [3.05, 3.63) is 60.8 Å². The van der Waals surface area contributed by atoms with Crippen LogP contribution in [-0.2, 0) is 28.6 Å². The van der Waals surface area contributed by atoms with Crippen molar-refractivity contribution in [3.8, 4) is 0 Å². The second-order valence-corrected chi connectivity index (χ2v) is 22.4. The molecule has 0 bridgehead atoms. The van der Waals surface area contributed by atoms with Crippen molar-refractivity contribution < 1.29 is 28.6 Å². The predicted octanol–water partition coefficient (Wildman–Crippen LogP) is 22.7. The molecule has 0 saturated carbocycles. The number of allylic oxidation sites excluding steroid dienone is 10. The molecule has 0 spiro atoms. The fraction of sp³-hybridized carbons (Fsp3) is 0.814. The number of carbonyl (C=O) groups is 3. The van der Waals surface area contributed by atoms with E-state index < -0.39 is 6.10 Å². The van der Waals surface area contributed by atoms with E-state index in [4.69, 9.17) is 14.2 Å². The van der Waals surface area contributed by atoms with E-state index >= 15 is 0 Å². The number of unbranched alkanes of at least 4 members (excludes halogenated alkanes) is 40. The van der Waals surface area contributed by atoms with Gasteiger partial charge in [-0.2, -0.15) is 0 Å². The van der Waals surface area contributed by atoms with E-state index in [2.05, 4.69) is 81.5 Å². The van der Waals surface area contributed by atoms with Crippen LogP contribution in [0.1, 0.15) is 348 Å². The first-order valence-corrected chi connectivity index (χ1v) is 33.3. The summed E-state index contributed by atoms with van der Waals surface area (Å²) in [5.41, 5.74) is 0. The van der Waals surface area contributed by atoms with Gasteiger partial charge in [-0.25, -0.2) is 0 Å². The first-order valence-electron chi connectivity index (χ1n) is 33.3. The van der Waals surface area contributed by atoms with E-state index in [0.29, 0.717) is 19.3 Å². The highest BCUT2D eigenvalue weighted by molar-refractivity contribution is 5.71. The highest BCUT2D eigenvalue weighted by Gasteiger charge is 2.19. The van der Waals surface area contributed by atoms with Gasteiger partial charge < -0.3 is 14.2 Å². The van der Waals surface area contributed by atoms with Crippen molar-refractivity contribution in [1.82, 2.24) is 0 Å². The summed E-state index contributed by atoms with van der Waals surface area (Å²) in [7, 11) is 0. The van der Waals surface area contributed by atoms with Crippen molar-refractivity contribution in [2.45, 2.75) is 354 Å². The number of ether oxygens (including phenoxy) is 3. The molecule has 1 atom stereocenters. The smallest absolute Gasteiger partial charge is 0.306 e. The Morgan fingerprint density at radius 3 is 0.803 bits per heavy atom. The molecule has 0 radical (unpaired) electrons. The molecule has 0 aromatic carbocycles. The largest absolute Gasteiger partial charge is 0.462 e. The monoisotopic (exact) mass is 1060 g/mol. The normalized spacial score (nSPS) is 12.4. The Morgan fingerprint density at radius 2 is 0.513 bits per heavy atom. The third kappa shape index (κ3) is 62.0. The Balaban J connectivity index is 4.35. The second kappa shape index (κ2) is 64.6. The third-order valence-corrected chi connectivity index (χ3v) is 14.8. The molecule has 76 heavy (non-hydrogen) atoms. The lowest BCUT2D eigenvalue weighted by atomic mass is 10.0. The van der Waals surface area contributed by atoms with E-state index in [9.17, 15) is 14.4 Å². The van der Waals surface area contributed by atoms with Crippen molar-refractivity contribution in [2.75, 3.05) is 13.2 Å². The van der Waals surface area contributed by atoms with Crippen molar-refractivity contribution in [2.24, 2.45) is 0 Å². The lowest BCUT2D eigenvalue weighted by molar-refractivity contribution is -0.167. The molecule has 0 N–H and O–H groups in total. The summed E-state index contributed by atoms with van der Waals surface area (Å²) >= 11 is 0. The van der Waals surface area contributed by atoms with Gasteiger partial charge in [-0.15, -0.1) is 0 Å². The minimum Gasteiger partial charge on any atom is -0.462 e. The zero-order valence-electron chi connectivity index (χ0n) is 50.8. The van der Waals surface area contributed by atoms with E-state index in [1.54, 1.807) is 0 Å². The molecule has 0 aliphatic rings. The van der Waals surface area contributed by atoms with Gasteiger partial charge in [0.25, 0.3) is 0 Å². The molecule has 0 amide bonds. The number of esters is 3. The van der Waals surface area contributed by atoms with Gasteiger partial charge in [0.1, 0.15) is 13.2 Å². The van der Waals surface area contributed by atoms with E-state index in [0.717, 1.165) is 96.3 Å². The average Bonchev–Trinajstić information content (AvgIpc) is 3.42. The molecule has 6 heteroatoms. The Hall–Kier alpha value is -2.89. The van der Waals surface area contributed by atoms with Crippen LogP contribution in [0.5, 0.6) is 0 Å². The summed E-state index contributed by atoms with van der Waals surface area (Å²) in [5, 5.41) is 0. The summed E-state index contributed by atoms with van der Waals surface area (Å²) in [6.07, 6.45) is 82.2. The van der Waals surface area contributed by atoms with E-state index in [-0.39, 0.29) is 31.1 Å². The highest BCUT2D eigenvalue weighted by atomic mass is 16.6. The Morgan fingerprint density at radius 1 is 0.276 bits per heavy atom. The van der Waals surface area contributed by atoms with Crippen molar-refractivity contribution >= 4 is 17.9 Å². The number of hydrogen-bond acceptors (Lipinski definition) is 6. The minimum absolute atomic E-state index is 0.0724. The van der Waals surface area contributed by atoms with Crippen LogP contribution >= 0.6 is 0 Å². The quantitative estimate of drug-likeness (QED) is 0.0261. The van der Waals surface area contributed by atoms with Gasteiger partial charge in [0.15, 0.2) is 6.10 Å². The fourth-order valence-electron chi connectivity index (χ4n) is 9.83. The van der Waals surface area contributed by atoms with Gasteiger partial charge >= 0.3 is 17.9 Å². The molecule has 0 aliphatic heterocycles. The fourth-order valence-corrected chi connectivity index (χ4v) is 9.83. The van der Waals surface area contributed by atoms with Gasteiger partial charge in [-0.1, -0.05) is 326 Å². The maximum absolute atomic E-state index is 12.9. The molecule has 0 saturated heterocycles. The molecule has 6 nitrogen and oxygen atoms in total. The molecular formula is C70H126O6. The lowest BCUT2D eigenvalue weighted by Crippen LogP contribution is -2.30. The van der Waals surface area contributed by atoms with Crippen molar-refractivity contribution in [3.63, 3.8) is 0 Å². The Kier molecular flexibility index (Phi) is 62.2. The molecule has 1 unspecified atom stereocenters. The van der Waals surface area contributed by atoms with E-state index in [1.165, 1.54) is 212 Å². The standard InChI is InChI=1S/C70H126O6/c1-4-7-10-13-16-19-22-25-28-31-33-34-35-36-37-40-42-45-48-51-54-57-60-63-69(72)75-66-67(65-74-68(71)62-59-56-53-50-47-44-41-38-30-27-24-21-18-15-12-9-6-3)76-70(73)64-61-58-55-52-49-46-43-39-32-29-26-23-20-17-14-11-8-5-2/h7,10,16,19,25,28,33-34,36-37,67H,4-6,8-9,11-15,17-18,20-24,26-27,29-32,35,38-66H2,1-3H3/b10-7-,19-16-,28-25-,34-33-,37-36-. The SMILES string of the molecule is CC/C=C\C/C=C\C/C=C\C/C=C\C/C=C\CCCCCCCCCC(=O)OCC(COC(=O)CCCCCCCCCCCCCCCCCCC)OC(=O)CCCCCCCCCCCCCCCCCCCC. The van der Waals surface area contributed by atoms with Gasteiger partial charge in [0.2, 0.25) is 0 Å². The van der Waals surface area contributed by atoms with Crippen LogP contribution in [0.2, 0.25) is 0 Å². The van der Waals surface area contributed by atoms with Crippen LogP contribution < -0.4 is 0 Å². The van der Waals surface area contributed by atoms with Gasteiger partial charge in [-0.05, 0) is 64.2 Å². The molecular weight excluding hydrogens is 937 g/mol. The molecule has 442 valence electrons. The first kappa shape index (κ1) is 73.1. The molecule has 0 aromatic rings. The maximum atomic E-state index is 12.9. The molecule has 0 rings (SSSR count). The summed E-state index contributed by atoms with van der Waals surface area (Å²) < 4.78 is 17.0. The van der Waals surface area contributed by atoms with Crippen molar-refractivity contribution in [1.29, 1.82) is 0 Å².